The van der Waals surface area contributed by atoms with Gasteiger partial charge in [0.25, 0.3) is 10.1 Å². The summed E-state index contributed by atoms with van der Waals surface area (Å²) in [5, 5.41) is 2.08. The Morgan fingerprint density at radius 2 is 1.93 bits per heavy atom. The zero-order chi connectivity index (χ0) is 20.8. The molecule has 4 heterocycles. The molecule has 8 heteroatoms. The Morgan fingerprint density at radius 3 is 2.62 bits per heavy atom. The van der Waals surface area contributed by atoms with E-state index in [4.69, 9.17) is 9.55 Å². The van der Waals surface area contributed by atoms with E-state index in [0.717, 1.165) is 22.7 Å². The summed E-state index contributed by atoms with van der Waals surface area (Å²) in [5.41, 5.74) is 3.11. The Bertz CT molecular complexity index is 1190. The van der Waals surface area contributed by atoms with Gasteiger partial charge in [-0.1, -0.05) is 6.07 Å². The molecular formula is C21H23N2O3S3+. The number of aliphatic imine (C=N–C) groups is 1. The Kier molecular flexibility index (Phi) is 5.23. The van der Waals surface area contributed by atoms with E-state index in [1.54, 1.807) is 22.7 Å². The summed E-state index contributed by atoms with van der Waals surface area (Å²) >= 11 is 3.48. The lowest BCUT2D eigenvalue weighted by Gasteiger charge is -2.17. The highest BCUT2D eigenvalue weighted by Crippen LogP contribution is 2.42. The first-order valence-corrected chi connectivity index (χ1v) is 12.7. The molecule has 3 aromatic heterocycles. The van der Waals surface area contributed by atoms with Crippen molar-refractivity contribution in [2.75, 3.05) is 5.75 Å². The molecule has 0 aromatic carbocycles. The van der Waals surface area contributed by atoms with Gasteiger partial charge in [-0.3, -0.25) is 4.55 Å². The van der Waals surface area contributed by atoms with Crippen molar-refractivity contribution >= 4 is 44.3 Å². The van der Waals surface area contributed by atoms with Crippen LogP contribution in [-0.4, -0.2) is 24.4 Å². The summed E-state index contributed by atoms with van der Waals surface area (Å²) in [5.74, 6) is 0.619. The van der Waals surface area contributed by atoms with Gasteiger partial charge in [-0.05, 0) is 55.4 Å². The third kappa shape index (κ3) is 4.07. The van der Waals surface area contributed by atoms with Gasteiger partial charge >= 0.3 is 5.82 Å². The van der Waals surface area contributed by atoms with Crippen LogP contribution in [0.3, 0.4) is 0 Å². The van der Waals surface area contributed by atoms with Crippen LogP contribution < -0.4 is 4.57 Å². The fourth-order valence-electron chi connectivity index (χ4n) is 3.49. The molecule has 5 nitrogen and oxygen atoms in total. The van der Waals surface area contributed by atoms with Crippen molar-refractivity contribution in [3.63, 3.8) is 0 Å². The van der Waals surface area contributed by atoms with Gasteiger partial charge in [0.1, 0.15) is 5.71 Å². The summed E-state index contributed by atoms with van der Waals surface area (Å²) in [6, 6.07) is 10.7. The van der Waals surface area contributed by atoms with Crippen LogP contribution in [-0.2, 0) is 22.1 Å². The predicted molar refractivity (Wildman–Crippen MR) is 120 cm³/mol. The zero-order valence-electron chi connectivity index (χ0n) is 16.5. The topological polar surface area (TPSA) is 70.6 Å². The van der Waals surface area contributed by atoms with Crippen LogP contribution in [0.5, 0.6) is 0 Å². The first kappa shape index (κ1) is 20.4. The first-order chi connectivity index (χ1) is 13.6. The van der Waals surface area contributed by atoms with Crippen LogP contribution in [0, 0.1) is 0 Å². The molecule has 0 radical (unpaired) electrons. The molecule has 0 saturated heterocycles. The average Bonchev–Trinajstić information content (AvgIpc) is 3.36. The normalized spacial score (nSPS) is 15.4. The minimum absolute atomic E-state index is 0.177. The number of nitrogens with zero attached hydrogens (tertiary/aromatic N) is 2. The average molecular weight is 448 g/mol. The number of aryl methyl sites for hydroxylation is 1. The van der Waals surface area contributed by atoms with Crippen LogP contribution in [0.15, 0.2) is 46.9 Å². The summed E-state index contributed by atoms with van der Waals surface area (Å²) in [6.45, 7) is 6.83. The SMILES string of the molecule is CC1=Nc2c(cc(-c3ccc(-c4cccs4)s3)c[n+]2CCCS(=O)(=O)O)C1(C)C. The van der Waals surface area contributed by atoms with Crippen LogP contribution in [0.4, 0.5) is 5.82 Å². The number of pyridine rings is 1. The molecule has 0 bridgehead atoms. The van der Waals surface area contributed by atoms with Crippen molar-refractivity contribution in [2.24, 2.45) is 4.99 Å². The second kappa shape index (κ2) is 7.43. The van der Waals surface area contributed by atoms with Gasteiger partial charge < -0.3 is 0 Å². The third-order valence-electron chi connectivity index (χ3n) is 5.42. The lowest BCUT2D eigenvalue weighted by molar-refractivity contribution is -0.683. The van der Waals surface area contributed by atoms with E-state index in [0.29, 0.717) is 13.0 Å². The molecular weight excluding hydrogens is 424 g/mol. The highest BCUT2D eigenvalue weighted by atomic mass is 32.2. The molecule has 3 aromatic rings. The van der Waals surface area contributed by atoms with Crippen LogP contribution >= 0.6 is 22.7 Å². The van der Waals surface area contributed by atoms with Crippen molar-refractivity contribution in [3.05, 3.63) is 47.5 Å². The van der Waals surface area contributed by atoms with Crippen molar-refractivity contribution in [1.29, 1.82) is 0 Å². The Labute approximate surface area is 179 Å². The van der Waals surface area contributed by atoms with Gasteiger partial charge in [0, 0.05) is 26.6 Å². The zero-order valence-corrected chi connectivity index (χ0v) is 19.0. The maximum absolute atomic E-state index is 11.1. The van der Waals surface area contributed by atoms with E-state index in [1.807, 2.05) is 17.7 Å². The van der Waals surface area contributed by atoms with Gasteiger partial charge in [-0.15, -0.1) is 22.7 Å². The van der Waals surface area contributed by atoms with Crippen molar-refractivity contribution in [1.82, 2.24) is 0 Å². The summed E-state index contributed by atoms with van der Waals surface area (Å²) in [4.78, 5) is 8.43. The Morgan fingerprint density at radius 1 is 1.17 bits per heavy atom. The summed E-state index contributed by atoms with van der Waals surface area (Å²) in [7, 11) is -3.97. The largest absolute Gasteiger partial charge is 0.327 e. The van der Waals surface area contributed by atoms with E-state index < -0.39 is 10.1 Å². The maximum atomic E-state index is 11.1. The second-order valence-corrected chi connectivity index (χ2v) is 11.4. The smallest absolute Gasteiger partial charge is 0.286 e. The molecule has 1 N–H and O–H groups in total. The quantitative estimate of drug-likeness (QED) is 0.422. The number of thiophene rings is 2. The molecule has 0 aliphatic carbocycles. The molecule has 29 heavy (non-hydrogen) atoms. The number of rotatable bonds is 6. The molecule has 152 valence electrons. The highest BCUT2D eigenvalue weighted by Gasteiger charge is 2.41. The Hall–Kier alpha value is -1.87. The fourth-order valence-corrected chi connectivity index (χ4v) is 5.80. The standard InChI is InChI=1S/C21H22N2O3S3/c1-14-21(2,3)16-12-15(17-7-8-19(28-17)18-6-4-10-27-18)13-23(20(16)22-14)9-5-11-29(24,25)26/h4,6-8,10,12-13H,5,9,11H2,1-3H3/p+1. The fraction of sp³-hybridized carbons (Fsp3) is 0.333. The number of hydrogen-bond acceptors (Lipinski definition) is 5. The molecule has 4 rings (SSSR count). The predicted octanol–water partition coefficient (Wildman–Crippen LogP) is 5.09. The van der Waals surface area contributed by atoms with Crippen LogP contribution in [0.25, 0.3) is 20.2 Å². The molecule has 0 fully saturated rings. The highest BCUT2D eigenvalue weighted by molar-refractivity contribution is 7.85. The van der Waals surface area contributed by atoms with Crippen molar-refractivity contribution in [3.8, 4) is 20.2 Å². The van der Waals surface area contributed by atoms with E-state index in [-0.39, 0.29) is 11.2 Å². The summed E-state index contributed by atoms with van der Waals surface area (Å²) in [6.07, 6.45) is 2.38. The van der Waals surface area contributed by atoms with Crippen molar-refractivity contribution < 1.29 is 17.5 Å². The minimum atomic E-state index is -3.97. The first-order valence-electron chi connectivity index (χ1n) is 9.38. The number of hydrogen-bond donors (Lipinski definition) is 1. The van der Waals surface area contributed by atoms with Crippen LogP contribution in [0.2, 0.25) is 0 Å². The van der Waals surface area contributed by atoms with Gasteiger partial charge in [0.2, 0.25) is 0 Å². The monoisotopic (exact) mass is 447 g/mol. The molecule has 0 amide bonds. The third-order valence-corrected chi connectivity index (χ3v) is 8.42. The van der Waals surface area contributed by atoms with Crippen LogP contribution in [0.1, 0.15) is 32.8 Å². The molecule has 1 aliphatic rings. The number of fused-ring (bicyclic) bond motifs is 1. The second-order valence-electron chi connectivity index (χ2n) is 7.76. The molecule has 0 spiro atoms. The van der Waals surface area contributed by atoms with Crippen molar-refractivity contribution in [2.45, 2.75) is 39.2 Å². The van der Waals surface area contributed by atoms with Gasteiger partial charge in [0.15, 0.2) is 0 Å². The molecule has 0 atom stereocenters. The summed E-state index contributed by atoms with van der Waals surface area (Å²) < 4.78 is 33.4. The van der Waals surface area contributed by atoms with E-state index in [9.17, 15) is 8.42 Å². The lowest BCUT2D eigenvalue weighted by atomic mass is 9.82. The molecule has 1 aliphatic heterocycles. The van der Waals surface area contributed by atoms with E-state index in [1.165, 1.54) is 14.6 Å². The van der Waals surface area contributed by atoms with E-state index >= 15 is 0 Å². The van der Waals surface area contributed by atoms with Gasteiger partial charge in [-0.25, -0.2) is 4.57 Å². The lowest BCUT2D eigenvalue weighted by Crippen LogP contribution is -2.36. The van der Waals surface area contributed by atoms with Gasteiger partial charge in [-0.2, -0.15) is 8.42 Å². The minimum Gasteiger partial charge on any atom is -0.286 e. The van der Waals surface area contributed by atoms with Gasteiger partial charge in [0.05, 0.1) is 29.5 Å². The van der Waals surface area contributed by atoms with E-state index in [2.05, 4.69) is 49.6 Å². The molecule has 0 unspecified atom stereocenters. The molecule has 0 saturated carbocycles. The maximum Gasteiger partial charge on any atom is 0.327 e. The number of aromatic nitrogens is 1. The Balaban J connectivity index is 1.74.